The fourth-order valence-electron chi connectivity index (χ4n) is 1.45. The van der Waals surface area contributed by atoms with E-state index in [0.29, 0.717) is 0 Å². The fourth-order valence-corrected chi connectivity index (χ4v) is 2.62. The predicted octanol–water partition coefficient (Wildman–Crippen LogP) is -0.230. The molecule has 0 aliphatic heterocycles. The van der Waals surface area contributed by atoms with Gasteiger partial charge in [-0.25, -0.2) is 13.2 Å². The van der Waals surface area contributed by atoms with Crippen molar-refractivity contribution < 1.29 is 27.5 Å². The maximum Gasteiger partial charge on any atom is 0.342 e. The molecule has 1 aromatic heterocycles. The third-order valence-corrected chi connectivity index (χ3v) is 4.20. The summed E-state index contributed by atoms with van der Waals surface area (Å²) >= 11 is 0. The highest BCUT2D eigenvalue weighted by atomic mass is 32.2. The zero-order chi connectivity index (χ0) is 16.0. The standard InChI is InChI=1S/C11H17N3O6S/c1-4-19-9(15)7-14(3)21(17,18)10-8(6-12-13-10)11(16)20-5-2/h6H,4-5,7H2,1-3H3,(H,12,13). The summed E-state index contributed by atoms with van der Waals surface area (Å²) in [7, 11) is -2.89. The van der Waals surface area contributed by atoms with Crippen LogP contribution in [-0.2, 0) is 24.3 Å². The van der Waals surface area contributed by atoms with Crippen LogP contribution in [0.1, 0.15) is 24.2 Å². The maximum absolute atomic E-state index is 12.3. The van der Waals surface area contributed by atoms with Crippen molar-refractivity contribution in [2.24, 2.45) is 0 Å². The number of sulfonamides is 1. The van der Waals surface area contributed by atoms with Crippen LogP contribution in [0.5, 0.6) is 0 Å². The minimum atomic E-state index is -4.09. The molecule has 10 heteroatoms. The molecule has 0 amide bonds. The van der Waals surface area contributed by atoms with Gasteiger partial charge < -0.3 is 9.47 Å². The van der Waals surface area contributed by atoms with Crippen molar-refractivity contribution >= 4 is 22.0 Å². The first-order valence-corrected chi connectivity index (χ1v) is 7.61. The summed E-state index contributed by atoms with van der Waals surface area (Å²) in [5.74, 6) is -1.50. The van der Waals surface area contributed by atoms with Gasteiger partial charge in [-0.1, -0.05) is 0 Å². The Hall–Kier alpha value is -1.94. The first kappa shape index (κ1) is 17.1. The lowest BCUT2D eigenvalue weighted by Crippen LogP contribution is -2.34. The van der Waals surface area contributed by atoms with Crippen molar-refractivity contribution in [3.05, 3.63) is 11.8 Å². The number of esters is 2. The highest BCUT2D eigenvalue weighted by molar-refractivity contribution is 7.89. The molecule has 118 valence electrons. The topological polar surface area (TPSA) is 119 Å². The summed E-state index contributed by atoms with van der Waals surface area (Å²) in [4.78, 5) is 23.0. The molecule has 0 radical (unpaired) electrons. The van der Waals surface area contributed by atoms with Crippen molar-refractivity contribution in [1.29, 1.82) is 0 Å². The van der Waals surface area contributed by atoms with E-state index in [1.165, 1.54) is 7.05 Å². The molecule has 0 atom stereocenters. The summed E-state index contributed by atoms with van der Waals surface area (Å²) < 4.78 is 34.8. The Morgan fingerprint density at radius 2 is 1.90 bits per heavy atom. The van der Waals surface area contributed by atoms with E-state index in [9.17, 15) is 18.0 Å². The van der Waals surface area contributed by atoms with Crippen LogP contribution in [0.15, 0.2) is 11.2 Å². The first-order valence-electron chi connectivity index (χ1n) is 6.17. The van der Waals surface area contributed by atoms with Crippen molar-refractivity contribution in [3.63, 3.8) is 0 Å². The Bertz CT molecular complexity index is 609. The maximum atomic E-state index is 12.3. The largest absolute Gasteiger partial charge is 0.465 e. The molecule has 0 saturated carbocycles. The average molecular weight is 319 g/mol. The molecule has 1 N–H and O–H groups in total. The number of H-pyrrole nitrogens is 1. The second-order valence-corrected chi connectivity index (χ2v) is 5.88. The van der Waals surface area contributed by atoms with Crippen molar-refractivity contribution in [1.82, 2.24) is 14.5 Å². The van der Waals surface area contributed by atoms with E-state index in [-0.39, 0.29) is 18.8 Å². The number of hydrogen-bond donors (Lipinski definition) is 1. The number of carbonyl (C=O) groups excluding carboxylic acids is 2. The third-order valence-electron chi connectivity index (χ3n) is 2.43. The number of likely N-dealkylation sites (N-methyl/N-ethyl adjacent to an activating group) is 1. The summed E-state index contributed by atoms with van der Waals surface area (Å²) in [6.07, 6.45) is 1.06. The Morgan fingerprint density at radius 3 is 2.48 bits per heavy atom. The molecule has 1 aromatic rings. The van der Waals surface area contributed by atoms with Crippen LogP contribution in [0.4, 0.5) is 0 Å². The van der Waals surface area contributed by atoms with Gasteiger partial charge >= 0.3 is 11.9 Å². The van der Waals surface area contributed by atoms with Gasteiger partial charge in [0.1, 0.15) is 12.1 Å². The molecule has 0 aromatic carbocycles. The Kier molecular flexibility index (Phi) is 5.85. The number of carbonyl (C=O) groups is 2. The lowest BCUT2D eigenvalue weighted by molar-refractivity contribution is -0.143. The van der Waals surface area contributed by atoms with Crippen molar-refractivity contribution in [2.45, 2.75) is 18.9 Å². The van der Waals surface area contributed by atoms with Crippen molar-refractivity contribution in [2.75, 3.05) is 26.8 Å². The number of ether oxygens (including phenoxy) is 2. The predicted molar refractivity (Wildman–Crippen MR) is 71.0 cm³/mol. The van der Waals surface area contributed by atoms with Gasteiger partial charge in [-0.3, -0.25) is 9.89 Å². The number of hydrogen-bond acceptors (Lipinski definition) is 7. The van der Waals surface area contributed by atoms with Gasteiger partial charge in [-0.15, -0.1) is 0 Å². The third kappa shape index (κ3) is 4.02. The molecule has 1 rings (SSSR count). The van der Waals surface area contributed by atoms with Gasteiger partial charge in [-0.2, -0.15) is 9.40 Å². The summed E-state index contributed by atoms with van der Waals surface area (Å²) in [6, 6.07) is 0. The molecule has 0 aliphatic rings. The molecule has 0 aliphatic carbocycles. The smallest absolute Gasteiger partial charge is 0.342 e. The molecule has 0 unspecified atom stereocenters. The quantitative estimate of drug-likeness (QED) is 0.689. The van der Waals surface area contributed by atoms with E-state index >= 15 is 0 Å². The van der Waals surface area contributed by atoms with Crippen molar-refractivity contribution in [3.8, 4) is 0 Å². The summed E-state index contributed by atoms with van der Waals surface area (Å²) in [5.41, 5.74) is -0.215. The van der Waals surface area contributed by atoms with Crippen LogP contribution in [-0.4, -0.2) is 61.7 Å². The van der Waals surface area contributed by atoms with Gasteiger partial charge in [0.2, 0.25) is 0 Å². The van der Waals surface area contributed by atoms with E-state index in [4.69, 9.17) is 4.74 Å². The van der Waals surface area contributed by atoms with Gasteiger partial charge in [0.05, 0.1) is 19.4 Å². The lowest BCUT2D eigenvalue weighted by Gasteiger charge is -2.15. The molecular weight excluding hydrogens is 302 g/mol. The molecule has 0 saturated heterocycles. The van der Waals surface area contributed by atoms with E-state index in [1.807, 2.05) is 0 Å². The number of nitrogens with one attached hydrogen (secondary N) is 1. The van der Waals surface area contributed by atoms with Gasteiger partial charge in [-0.05, 0) is 13.8 Å². The van der Waals surface area contributed by atoms with Gasteiger partial charge in [0.25, 0.3) is 10.0 Å². The second-order valence-electron chi connectivity index (χ2n) is 3.90. The Morgan fingerprint density at radius 1 is 1.29 bits per heavy atom. The molecule has 1 heterocycles. The Balaban J connectivity index is 3.00. The SMILES string of the molecule is CCOC(=O)CN(C)S(=O)(=O)c1[nH]ncc1C(=O)OCC. The van der Waals surface area contributed by atoms with Crippen LogP contribution >= 0.6 is 0 Å². The molecule has 9 nitrogen and oxygen atoms in total. The zero-order valence-corrected chi connectivity index (χ0v) is 12.8. The van der Waals surface area contributed by atoms with Crippen LogP contribution in [0.2, 0.25) is 0 Å². The molecule has 21 heavy (non-hydrogen) atoms. The second kappa shape index (κ2) is 7.18. The molecule has 0 spiro atoms. The van der Waals surface area contributed by atoms with Gasteiger partial charge in [0.15, 0.2) is 5.03 Å². The molecular formula is C11H17N3O6S. The molecule has 0 fully saturated rings. The minimum Gasteiger partial charge on any atom is -0.465 e. The Labute approximate surface area is 122 Å². The first-order chi connectivity index (χ1) is 9.84. The number of aromatic nitrogens is 2. The van der Waals surface area contributed by atoms with Crippen LogP contribution in [0, 0.1) is 0 Å². The summed E-state index contributed by atoms with van der Waals surface area (Å²) in [5, 5.41) is 5.36. The average Bonchev–Trinajstić information content (AvgIpc) is 2.89. The lowest BCUT2D eigenvalue weighted by atomic mass is 10.4. The summed E-state index contributed by atoms with van der Waals surface area (Å²) in [6.45, 7) is 2.98. The number of nitrogens with zero attached hydrogens (tertiary/aromatic N) is 2. The monoisotopic (exact) mass is 319 g/mol. The minimum absolute atomic E-state index is 0.0994. The normalized spacial score (nSPS) is 11.4. The number of rotatable bonds is 7. The fraction of sp³-hybridized carbons (Fsp3) is 0.545. The highest BCUT2D eigenvalue weighted by Crippen LogP contribution is 2.17. The van der Waals surface area contributed by atoms with Crippen LogP contribution in [0.25, 0.3) is 0 Å². The van der Waals surface area contributed by atoms with E-state index in [2.05, 4.69) is 14.9 Å². The zero-order valence-electron chi connectivity index (χ0n) is 12.0. The van der Waals surface area contributed by atoms with Gasteiger partial charge in [0, 0.05) is 7.05 Å². The van der Waals surface area contributed by atoms with E-state index in [1.54, 1.807) is 13.8 Å². The van der Waals surface area contributed by atoms with Crippen LogP contribution < -0.4 is 0 Å². The highest BCUT2D eigenvalue weighted by Gasteiger charge is 2.30. The number of aromatic amines is 1. The van der Waals surface area contributed by atoms with E-state index < -0.39 is 33.5 Å². The van der Waals surface area contributed by atoms with E-state index in [0.717, 1.165) is 10.5 Å². The van der Waals surface area contributed by atoms with Crippen LogP contribution in [0.3, 0.4) is 0 Å². The molecule has 0 bridgehead atoms.